The number of benzene rings is 1. The maximum atomic E-state index is 13.3. The van der Waals surface area contributed by atoms with Crippen LogP contribution < -0.4 is 4.90 Å². The van der Waals surface area contributed by atoms with Gasteiger partial charge in [-0.3, -0.25) is 0 Å². The van der Waals surface area contributed by atoms with Gasteiger partial charge in [0.05, 0.1) is 0 Å². The van der Waals surface area contributed by atoms with Crippen molar-refractivity contribution in [1.29, 1.82) is 0 Å². The van der Waals surface area contributed by atoms with Crippen molar-refractivity contribution in [3.63, 3.8) is 0 Å². The van der Waals surface area contributed by atoms with Crippen LogP contribution in [-0.4, -0.2) is 42.3 Å². The Labute approximate surface area is 125 Å². The van der Waals surface area contributed by atoms with Crippen LogP contribution in [0.5, 0.6) is 0 Å². The Kier molecular flexibility index (Phi) is 4.40. The quantitative estimate of drug-likeness (QED) is 0.797. The number of ether oxygens (including phenoxy) is 1. The Balaban J connectivity index is 2.01. The van der Waals surface area contributed by atoms with E-state index in [1.165, 1.54) is 12.1 Å². The number of halogens is 1. The lowest BCUT2D eigenvalue weighted by Crippen LogP contribution is -2.54. The molecule has 1 aliphatic heterocycles. The molecule has 0 radical (unpaired) electrons. The highest BCUT2D eigenvalue weighted by molar-refractivity contribution is 5.68. The maximum Gasteiger partial charge on any atom is 0.410 e. The van der Waals surface area contributed by atoms with Gasteiger partial charge in [0.25, 0.3) is 0 Å². The number of hydrogen-bond donors (Lipinski definition) is 0. The Morgan fingerprint density at radius 1 is 1.33 bits per heavy atom. The molecule has 21 heavy (non-hydrogen) atoms. The summed E-state index contributed by atoms with van der Waals surface area (Å²) in [7, 11) is 0. The molecule has 0 spiro atoms. The van der Waals surface area contributed by atoms with Crippen LogP contribution in [0.15, 0.2) is 24.3 Å². The van der Waals surface area contributed by atoms with E-state index in [-0.39, 0.29) is 18.0 Å². The first-order valence-corrected chi connectivity index (χ1v) is 7.26. The standard InChI is InChI=1S/C16H23FN2O2/c1-12-11-18(15(20)21-16(2,3)4)8-9-19(12)14-7-5-6-13(17)10-14/h5-7,10,12H,8-9,11H2,1-4H3/t12-/m0/s1. The summed E-state index contributed by atoms with van der Waals surface area (Å²) in [6.45, 7) is 9.43. The average molecular weight is 294 g/mol. The fraction of sp³-hybridized carbons (Fsp3) is 0.562. The van der Waals surface area contributed by atoms with Crippen molar-refractivity contribution in [3.8, 4) is 0 Å². The van der Waals surface area contributed by atoms with E-state index in [1.54, 1.807) is 11.0 Å². The second kappa shape index (κ2) is 5.92. The number of carbonyl (C=O) groups is 1. The Morgan fingerprint density at radius 3 is 2.62 bits per heavy atom. The van der Waals surface area contributed by atoms with Crippen LogP contribution in [0.4, 0.5) is 14.9 Å². The van der Waals surface area contributed by atoms with E-state index < -0.39 is 5.60 Å². The molecule has 1 fully saturated rings. The number of carbonyl (C=O) groups excluding carboxylic acids is 1. The molecular weight excluding hydrogens is 271 g/mol. The van der Waals surface area contributed by atoms with Gasteiger partial charge in [0.2, 0.25) is 0 Å². The van der Waals surface area contributed by atoms with Crippen LogP contribution in [0.25, 0.3) is 0 Å². The number of anilines is 1. The maximum absolute atomic E-state index is 13.3. The summed E-state index contributed by atoms with van der Waals surface area (Å²) in [5, 5.41) is 0. The Morgan fingerprint density at radius 2 is 2.05 bits per heavy atom. The first-order chi connectivity index (χ1) is 9.76. The van der Waals surface area contributed by atoms with Crippen LogP contribution in [-0.2, 0) is 4.74 Å². The van der Waals surface area contributed by atoms with Crippen molar-refractivity contribution < 1.29 is 13.9 Å². The highest BCUT2D eigenvalue weighted by atomic mass is 19.1. The summed E-state index contributed by atoms with van der Waals surface area (Å²) >= 11 is 0. The minimum absolute atomic E-state index is 0.119. The lowest BCUT2D eigenvalue weighted by Gasteiger charge is -2.41. The molecule has 1 saturated heterocycles. The van der Waals surface area contributed by atoms with Gasteiger partial charge in [-0.15, -0.1) is 0 Å². The Hall–Kier alpha value is -1.78. The lowest BCUT2D eigenvalue weighted by atomic mass is 10.1. The summed E-state index contributed by atoms with van der Waals surface area (Å²) in [6.07, 6.45) is -0.284. The van der Waals surface area contributed by atoms with Gasteiger partial charge in [-0.05, 0) is 45.9 Å². The predicted octanol–water partition coefficient (Wildman–Crippen LogP) is 3.27. The third-order valence-corrected chi connectivity index (χ3v) is 3.42. The van der Waals surface area contributed by atoms with Crippen molar-refractivity contribution in [1.82, 2.24) is 4.90 Å². The lowest BCUT2D eigenvalue weighted by molar-refractivity contribution is 0.0219. The summed E-state index contributed by atoms with van der Waals surface area (Å²) < 4.78 is 18.7. The molecule has 116 valence electrons. The van der Waals surface area contributed by atoms with Crippen LogP contribution in [0.2, 0.25) is 0 Å². The number of nitrogens with zero attached hydrogens (tertiary/aromatic N) is 2. The highest BCUT2D eigenvalue weighted by Gasteiger charge is 2.29. The third-order valence-electron chi connectivity index (χ3n) is 3.42. The third kappa shape index (κ3) is 4.09. The zero-order chi connectivity index (χ0) is 15.6. The minimum Gasteiger partial charge on any atom is -0.444 e. The van der Waals surface area contributed by atoms with E-state index >= 15 is 0 Å². The first-order valence-electron chi connectivity index (χ1n) is 7.26. The molecule has 0 bridgehead atoms. The number of piperazine rings is 1. The molecule has 2 rings (SSSR count). The Bertz CT molecular complexity index is 513. The van der Waals surface area contributed by atoms with Gasteiger partial charge in [0.1, 0.15) is 11.4 Å². The zero-order valence-electron chi connectivity index (χ0n) is 13.1. The number of hydrogen-bond acceptors (Lipinski definition) is 3. The van der Waals surface area contributed by atoms with Crippen molar-refractivity contribution in [2.75, 3.05) is 24.5 Å². The summed E-state index contributed by atoms with van der Waals surface area (Å²) in [6, 6.07) is 6.68. The van der Waals surface area contributed by atoms with Crippen molar-refractivity contribution in [3.05, 3.63) is 30.1 Å². The predicted molar refractivity (Wildman–Crippen MR) is 81.0 cm³/mol. The van der Waals surface area contributed by atoms with E-state index in [4.69, 9.17) is 4.74 Å². The van der Waals surface area contributed by atoms with E-state index in [2.05, 4.69) is 4.90 Å². The number of amides is 1. The molecule has 0 unspecified atom stereocenters. The SMILES string of the molecule is C[C@H]1CN(C(=O)OC(C)(C)C)CCN1c1cccc(F)c1. The normalized spacial score (nSPS) is 19.6. The highest BCUT2D eigenvalue weighted by Crippen LogP contribution is 2.22. The fourth-order valence-electron chi connectivity index (χ4n) is 2.49. The summed E-state index contributed by atoms with van der Waals surface area (Å²) in [4.78, 5) is 15.9. The molecule has 1 aromatic carbocycles. The molecule has 0 saturated carbocycles. The van der Waals surface area contributed by atoms with Gasteiger partial charge in [-0.25, -0.2) is 9.18 Å². The second-order valence-corrected chi connectivity index (χ2v) is 6.45. The largest absolute Gasteiger partial charge is 0.444 e. The molecule has 1 aliphatic rings. The fourth-order valence-corrected chi connectivity index (χ4v) is 2.49. The van der Waals surface area contributed by atoms with Crippen molar-refractivity contribution in [2.24, 2.45) is 0 Å². The van der Waals surface area contributed by atoms with Crippen LogP contribution in [0.3, 0.4) is 0 Å². The summed E-state index contributed by atoms with van der Waals surface area (Å²) in [5.74, 6) is -0.241. The van der Waals surface area contributed by atoms with Gasteiger partial charge >= 0.3 is 6.09 Å². The van der Waals surface area contributed by atoms with E-state index in [9.17, 15) is 9.18 Å². The molecule has 1 amide bonds. The average Bonchev–Trinajstić information content (AvgIpc) is 2.36. The first kappa shape index (κ1) is 15.6. The van der Waals surface area contributed by atoms with Crippen molar-refractivity contribution >= 4 is 11.8 Å². The van der Waals surface area contributed by atoms with Crippen LogP contribution in [0, 0.1) is 5.82 Å². The van der Waals surface area contributed by atoms with Gasteiger partial charge in [-0.1, -0.05) is 6.07 Å². The van der Waals surface area contributed by atoms with Crippen molar-refractivity contribution in [2.45, 2.75) is 39.3 Å². The zero-order valence-corrected chi connectivity index (χ0v) is 13.1. The molecular formula is C16H23FN2O2. The minimum atomic E-state index is -0.486. The van der Waals surface area contributed by atoms with E-state index in [0.717, 1.165) is 5.69 Å². The molecule has 0 aromatic heterocycles. The van der Waals surface area contributed by atoms with Crippen LogP contribution >= 0.6 is 0 Å². The number of rotatable bonds is 1. The second-order valence-electron chi connectivity index (χ2n) is 6.45. The van der Waals surface area contributed by atoms with E-state index in [1.807, 2.05) is 33.8 Å². The molecule has 0 N–H and O–H groups in total. The molecule has 1 heterocycles. The molecule has 1 aromatic rings. The molecule has 0 aliphatic carbocycles. The monoisotopic (exact) mass is 294 g/mol. The van der Waals surface area contributed by atoms with Crippen LogP contribution in [0.1, 0.15) is 27.7 Å². The molecule has 4 nitrogen and oxygen atoms in total. The summed E-state index contributed by atoms with van der Waals surface area (Å²) in [5.41, 5.74) is 0.367. The van der Waals surface area contributed by atoms with Gasteiger partial charge in [0, 0.05) is 31.4 Å². The molecule has 1 atom stereocenters. The molecule has 5 heteroatoms. The van der Waals surface area contributed by atoms with Gasteiger partial charge < -0.3 is 14.5 Å². The topological polar surface area (TPSA) is 32.8 Å². The van der Waals surface area contributed by atoms with Gasteiger partial charge in [0.15, 0.2) is 0 Å². The smallest absolute Gasteiger partial charge is 0.410 e. The van der Waals surface area contributed by atoms with Gasteiger partial charge in [-0.2, -0.15) is 0 Å². The van der Waals surface area contributed by atoms with E-state index in [0.29, 0.717) is 19.6 Å².